The molecule has 1 heterocycles. The van der Waals surface area contributed by atoms with Crippen LogP contribution in [-0.2, 0) is 11.0 Å². The van der Waals surface area contributed by atoms with Crippen LogP contribution in [0.2, 0.25) is 0 Å². The number of hydrogen-bond donors (Lipinski definition) is 1. The van der Waals surface area contributed by atoms with Crippen molar-refractivity contribution in [2.45, 2.75) is 6.18 Å². The molecule has 1 aliphatic heterocycles. The second-order valence-corrected chi connectivity index (χ2v) is 5.78. The van der Waals surface area contributed by atoms with E-state index in [1.54, 1.807) is 0 Å². The van der Waals surface area contributed by atoms with Gasteiger partial charge in [-0.3, -0.25) is 29.4 Å². The van der Waals surface area contributed by atoms with Gasteiger partial charge in [0.15, 0.2) is 0 Å². The van der Waals surface area contributed by atoms with Crippen molar-refractivity contribution in [3.05, 3.63) is 69.3 Å². The predicted molar refractivity (Wildman–Crippen MR) is 88.5 cm³/mol. The Morgan fingerprint density at radius 2 is 1.71 bits per heavy atom. The molecule has 0 aliphatic carbocycles. The van der Waals surface area contributed by atoms with Gasteiger partial charge in [0, 0.05) is 11.8 Å². The minimum Gasteiger partial charge on any atom is -0.325 e. The molecular formula is C17H10F3N3O5. The van der Waals surface area contributed by atoms with Gasteiger partial charge < -0.3 is 5.32 Å². The minimum absolute atomic E-state index is 0.0283. The summed E-state index contributed by atoms with van der Waals surface area (Å²) in [6, 6.07) is 7.11. The van der Waals surface area contributed by atoms with E-state index in [1.807, 2.05) is 0 Å². The Hall–Kier alpha value is -3.76. The molecule has 0 spiro atoms. The number of nitro benzene ring substituents is 1. The summed E-state index contributed by atoms with van der Waals surface area (Å²) in [4.78, 5) is 47.5. The van der Waals surface area contributed by atoms with Gasteiger partial charge in [-0.15, -0.1) is 0 Å². The highest BCUT2D eigenvalue weighted by Gasteiger charge is 2.41. The quantitative estimate of drug-likeness (QED) is 0.488. The number of carbonyl (C=O) groups is 3. The average molecular weight is 393 g/mol. The van der Waals surface area contributed by atoms with Crippen molar-refractivity contribution in [3.63, 3.8) is 0 Å². The third kappa shape index (κ3) is 3.41. The van der Waals surface area contributed by atoms with Gasteiger partial charge in [0.25, 0.3) is 17.5 Å². The van der Waals surface area contributed by atoms with E-state index in [4.69, 9.17) is 0 Å². The molecule has 2 aromatic carbocycles. The van der Waals surface area contributed by atoms with Crippen LogP contribution >= 0.6 is 0 Å². The second-order valence-electron chi connectivity index (χ2n) is 5.78. The molecule has 0 saturated carbocycles. The molecular weight excluding hydrogens is 383 g/mol. The Morgan fingerprint density at radius 3 is 2.29 bits per heavy atom. The summed E-state index contributed by atoms with van der Waals surface area (Å²) in [7, 11) is 0. The summed E-state index contributed by atoms with van der Waals surface area (Å²) < 4.78 is 37.6. The van der Waals surface area contributed by atoms with E-state index in [2.05, 4.69) is 5.32 Å². The van der Waals surface area contributed by atoms with Gasteiger partial charge in [0.05, 0.1) is 16.1 Å². The molecule has 0 atom stereocenters. The maximum Gasteiger partial charge on any atom is 0.416 e. The topological polar surface area (TPSA) is 110 Å². The van der Waals surface area contributed by atoms with Crippen molar-refractivity contribution >= 4 is 29.1 Å². The number of nitro groups is 1. The first-order valence-corrected chi connectivity index (χ1v) is 7.70. The van der Waals surface area contributed by atoms with Crippen LogP contribution in [0.25, 0.3) is 0 Å². The Morgan fingerprint density at radius 1 is 1.07 bits per heavy atom. The van der Waals surface area contributed by atoms with Gasteiger partial charge >= 0.3 is 6.18 Å². The molecule has 2 aromatic rings. The van der Waals surface area contributed by atoms with Crippen LogP contribution in [0.1, 0.15) is 26.3 Å². The van der Waals surface area contributed by atoms with E-state index in [9.17, 15) is 37.7 Å². The lowest BCUT2D eigenvalue weighted by Gasteiger charge is -2.14. The van der Waals surface area contributed by atoms with Crippen molar-refractivity contribution in [2.24, 2.45) is 0 Å². The first kappa shape index (κ1) is 19.0. The molecule has 0 unspecified atom stereocenters. The molecule has 3 amide bonds. The third-order valence-electron chi connectivity index (χ3n) is 3.97. The van der Waals surface area contributed by atoms with Crippen LogP contribution in [0.4, 0.5) is 24.5 Å². The number of rotatable bonds is 4. The molecule has 28 heavy (non-hydrogen) atoms. The lowest BCUT2D eigenvalue weighted by atomic mass is 10.1. The van der Waals surface area contributed by atoms with Crippen LogP contribution in [0.3, 0.4) is 0 Å². The number of nitrogens with one attached hydrogen (secondary N) is 1. The minimum atomic E-state index is -4.53. The molecule has 0 bridgehead atoms. The van der Waals surface area contributed by atoms with E-state index >= 15 is 0 Å². The molecule has 0 saturated heterocycles. The van der Waals surface area contributed by atoms with Gasteiger partial charge in [0.1, 0.15) is 12.1 Å². The van der Waals surface area contributed by atoms with E-state index in [1.165, 1.54) is 12.1 Å². The number of amides is 3. The number of carbonyl (C=O) groups excluding carboxylic acids is 3. The summed E-state index contributed by atoms with van der Waals surface area (Å²) in [6.07, 6.45) is -4.53. The van der Waals surface area contributed by atoms with E-state index in [-0.39, 0.29) is 11.3 Å². The molecule has 0 fully saturated rings. The van der Waals surface area contributed by atoms with Crippen LogP contribution in [-0.4, -0.2) is 34.1 Å². The number of imide groups is 1. The van der Waals surface area contributed by atoms with Crippen LogP contribution in [0, 0.1) is 10.1 Å². The largest absolute Gasteiger partial charge is 0.416 e. The van der Waals surface area contributed by atoms with E-state index < -0.39 is 52.2 Å². The van der Waals surface area contributed by atoms with Crippen LogP contribution in [0.15, 0.2) is 42.5 Å². The highest BCUT2D eigenvalue weighted by molar-refractivity contribution is 6.24. The molecule has 0 aromatic heterocycles. The van der Waals surface area contributed by atoms with Crippen molar-refractivity contribution in [1.82, 2.24) is 4.90 Å². The number of nitrogens with zero attached hydrogens (tertiary/aromatic N) is 2. The molecule has 11 heteroatoms. The summed E-state index contributed by atoms with van der Waals surface area (Å²) in [5.41, 5.74) is -2.03. The van der Waals surface area contributed by atoms with Crippen LogP contribution in [0.5, 0.6) is 0 Å². The maximum atomic E-state index is 12.5. The summed E-state index contributed by atoms with van der Waals surface area (Å²) >= 11 is 0. The summed E-state index contributed by atoms with van der Waals surface area (Å²) in [5, 5.41) is 13.3. The molecule has 144 valence electrons. The van der Waals surface area contributed by atoms with Gasteiger partial charge in [-0.05, 0) is 30.3 Å². The van der Waals surface area contributed by atoms with Crippen molar-refractivity contribution in [2.75, 3.05) is 11.9 Å². The molecule has 1 N–H and O–H groups in total. The van der Waals surface area contributed by atoms with Crippen LogP contribution < -0.4 is 5.32 Å². The number of hydrogen-bond acceptors (Lipinski definition) is 5. The van der Waals surface area contributed by atoms with E-state index in [0.717, 1.165) is 30.3 Å². The van der Waals surface area contributed by atoms with E-state index in [0.29, 0.717) is 4.90 Å². The fourth-order valence-corrected chi connectivity index (χ4v) is 2.70. The smallest absolute Gasteiger partial charge is 0.325 e. The van der Waals surface area contributed by atoms with Crippen molar-refractivity contribution in [1.29, 1.82) is 0 Å². The fourth-order valence-electron chi connectivity index (χ4n) is 2.70. The van der Waals surface area contributed by atoms with Crippen molar-refractivity contribution in [3.8, 4) is 0 Å². The highest BCUT2D eigenvalue weighted by Crippen LogP contribution is 2.31. The lowest BCUT2D eigenvalue weighted by molar-refractivity contribution is -0.385. The number of halogens is 3. The normalized spacial score (nSPS) is 13.5. The lowest BCUT2D eigenvalue weighted by Crippen LogP contribution is -2.37. The Bertz CT molecular complexity index is 1000. The average Bonchev–Trinajstić information content (AvgIpc) is 2.86. The number of fused-ring (bicyclic) bond motifs is 1. The first-order chi connectivity index (χ1) is 13.1. The van der Waals surface area contributed by atoms with Crippen molar-refractivity contribution < 1.29 is 32.5 Å². The second kappa shape index (κ2) is 6.76. The summed E-state index contributed by atoms with van der Waals surface area (Å²) in [5.74, 6) is -2.71. The Labute approximate surface area is 154 Å². The molecule has 3 rings (SSSR count). The zero-order chi connectivity index (χ0) is 20.6. The molecule has 0 radical (unpaired) electrons. The Balaban J connectivity index is 1.75. The number of benzene rings is 2. The number of anilines is 1. The highest BCUT2D eigenvalue weighted by atomic mass is 19.4. The zero-order valence-corrected chi connectivity index (χ0v) is 13.8. The maximum absolute atomic E-state index is 12.5. The summed E-state index contributed by atoms with van der Waals surface area (Å²) in [6.45, 7) is -0.746. The fraction of sp³-hybridized carbons (Fsp3) is 0.118. The standard InChI is InChI=1S/C17H10F3N3O5/c18-17(19,20)9-4-6-10(7-5-9)21-13(24)8-22-15(25)11-2-1-3-12(23(27)28)14(11)16(22)26/h1-7H,8H2,(H,21,24). The van der Waals surface area contributed by atoms with Gasteiger partial charge in [-0.2, -0.15) is 13.2 Å². The molecule has 1 aliphatic rings. The first-order valence-electron chi connectivity index (χ1n) is 7.70. The van der Waals surface area contributed by atoms with Gasteiger partial charge in [-0.25, -0.2) is 0 Å². The zero-order valence-electron chi connectivity index (χ0n) is 13.8. The molecule has 8 nitrogen and oxygen atoms in total. The van der Waals surface area contributed by atoms with Gasteiger partial charge in [0.2, 0.25) is 5.91 Å². The SMILES string of the molecule is O=C(CN1C(=O)c2cccc([N+](=O)[O-])c2C1=O)Nc1ccc(C(F)(F)F)cc1. The number of alkyl halides is 3. The predicted octanol–water partition coefficient (Wildman–Crippen LogP) is 2.85. The monoisotopic (exact) mass is 393 g/mol. The Kier molecular flexibility index (Phi) is 4.59. The third-order valence-corrected chi connectivity index (χ3v) is 3.97. The van der Waals surface area contributed by atoms with Gasteiger partial charge in [-0.1, -0.05) is 6.07 Å².